The van der Waals surface area contributed by atoms with E-state index in [1.54, 1.807) is 13.0 Å². The van der Waals surface area contributed by atoms with Crippen LogP contribution in [0.3, 0.4) is 0 Å². The minimum Gasteiger partial charge on any atom is -0.349 e. The van der Waals surface area contributed by atoms with E-state index in [0.29, 0.717) is 5.56 Å². The Bertz CT molecular complexity index is 1250. The molecule has 0 aliphatic carbocycles. The molecule has 10 heteroatoms. The molecule has 2 aromatic carbocycles. The Morgan fingerprint density at radius 1 is 1.06 bits per heavy atom. The molecule has 0 spiro atoms. The number of halogens is 1. The zero-order valence-corrected chi connectivity index (χ0v) is 21.2. The van der Waals surface area contributed by atoms with Crippen LogP contribution in [0.1, 0.15) is 36.3 Å². The monoisotopic (exact) mass is 558 g/mol. The average Bonchev–Trinajstić information content (AvgIpc) is 3.31. The van der Waals surface area contributed by atoms with Gasteiger partial charge < -0.3 is 4.74 Å². The molecule has 1 aliphatic heterocycles. The second-order valence-corrected chi connectivity index (χ2v) is 8.79. The molecule has 1 aromatic heterocycles. The van der Waals surface area contributed by atoms with Gasteiger partial charge in [0.1, 0.15) is 37.8 Å². The van der Waals surface area contributed by atoms with Crippen molar-refractivity contribution in [2.75, 3.05) is 0 Å². The summed E-state index contributed by atoms with van der Waals surface area (Å²) in [4.78, 5) is 50.8. The third kappa shape index (κ3) is 6.88. The lowest BCUT2D eigenvalue weighted by Gasteiger charge is -2.23. The summed E-state index contributed by atoms with van der Waals surface area (Å²) in [6, 6.07) is 19.2. The van der Waals surface area contributed by atoms with Gasteiger partial charge in [0, 0.05) is 12.6 Å². The fourth-order valence-electron chi connectivity index (χ4n) is 3.85. The molecule has 4 rings (SSSR count). The zero-order valence-electron chi connectivity index (χ0n) is 19.6. The largest absolute Gasteiger partial charge is 0.349 e. The van der Waals surface area contributed by atoms with Crippen LogP contribution in [0, 0.1) is 0 Å². The first-order valence-corrected chi connectivity index (χ1v) is 12.4. The Balaban J connectivity index is 1.46. The molecule has 1 saturated heterocycles. The number of rotatable bonds is 11. The zero-order chi connectivity index (χ0) is 25.3. The molecular weight excluding hydrogens is 532 g/mol. The molecule has 4 atom stereocenters. The van der Waals surface area contributed by atoms with E-state index in [-0.39, 0.29) is 19.6 Å². The lowest BCUT2D eigenvalue weighted by Crippen LogP contribution is -2.36. The molecule has 190 valence electrons. The van der Waals surface area contributed by atoms with Crippen LogP contribution in [-0.2, 0) is 37.5 Å². The molecule has 36 heavy (non-hydrogen) atoms. The highest BCUT2D eigenvalue weighted by atomic mass is 79.9. The van der Waals surface area contributed by atoms with Crippen molar-refractivity contribution in [1.82, 2.24) is 9.55 Å². The van der Waals surface area contributed by atoms with E-state index in [9.17, 15) is 9.59 Å². The normalized spacial score (nSPS) is 20.7. The maximum Gasteiger partial charge on any atom is 0.330 e. The smallest absolute Gasteiger partial charge is 0.330 e. The second-order valence-electron chi connectivity index (χ2n) is 8.27. The molecule has 1 aliphatic rings. The van der Waals surface area contributed by atoms with Crippen LogP contribution in [0.5, 0.6) is 0 Å². The number of aromatic amines is 1. The second kappa shape index (κ2) is 12.9. The van der Waals surface area contributed by atoms with Crippen LogP contribution in [0.15, 0.2) is 81.4 Å². The van der Waals surface area contributed by atoms with Crippen LogP contribution in [0.2, 0.25) is 0 Å². The van der Waals surface area contributed by atoms with Gasteiger partial charge in [-0.15, -0.1) is 0 Å². The Morgan fingerprint density at radius 3 is 2.33 bits per heavy atom. The number of aromatic nitrogens is 2. The molecule has 3 aromatic rings. The first-order valence-electron chi connectivity index (χ1n) is 11.5. The molecule has 2 heterocycles. The fraction of sp³-hybridized carbons (Fsp3) is 0.308. The van der Waals surface area contributed by atoms with E-state index in [1.807, 2.05) is 60.7 Å². The van der Waals surface area contributed by atoms with E-state index in [4.69, 9.17) is 24.3 Å². The fourth-order valence-corrected chi connectivity index (χ4v) is 4.13. The summed E-state index contributed by atoms with van der Waals surface area (Å²) < 4.78 is 7.50. The van der Waals surface area contributed by atoms with Gasteiger partial charge in [-0.25, -0.2) is 24.3 Å². The van der Waals surface area contributed by atoms with Crippen LogP contribution in [0.4, 0.5) is 0 Å². The highest BCUT2D eigenvalue weighted by Crippen LogP contribution is 2.33. The third-order valence-corrected chi connectivity index (χ3v) is 5.94. The molecule has 0 amide bonds. The highest BCUT2D eigenvalue weighted by molar-refractivity contribution is 9.11. The Hall–Kier alpha value is -2.86. The Kier molecular flexibility index (Phi) is 9.40. The van der Waals surface area contributed by atoms with Gasteiger partial charge in [-0.05, 0) is 29.1 Å². The summed E-state index contributed by atoms with van der Waals surface area (Å²) >= 11 is 3.15. The Labute approximate surface area is 216 Å². The van der Waals surface area contributed by atoms with Gasteiger partial charge >= 0.3 is 5.69 Å². The van der Waals surface area contributed by atoms with E-state index >= 15 is 0 Å². The number of benzene rings is 2. The van der Waals surface area contributed by atoms with E-state index in [1.165, 1.54) is 15.7 Å². The summed E-state index contributed by atoms with van der Waals surface area (Å²) in [6.07, 6.45) is 0.831. The number of nitrogens with zero attached hydrogens (tertiary/aromatic N) is 1. The molecule has 1 N–H and O–H groups in total. The van der Waals surface area contributed by atoms with Crippen molar-refractivity contribution in [3.05, 3.63) is 109 Å². The van der Waals surface area contributed by atoms with Gasteiger partial charge in [0.05, 0.1) is 5.56 Å². The molecule has 0 radical (unpaired) electrons. The van der Waals surface area contributed by atoms with E-state index in [0.717, 1.165) is 11.1 Å². The van der Waals surface area contributed by atoms with Crippen molar-refractivity contribution in [3.63, 3.8) is 0 Å². The van der Waals surface area contributed by atoms with Crippen molar-refractivity contribution in [1.29, 1.82) is 0 Å². The first kappa shape index (κ1) is 26.2. The molecular formula is C26H27BrN2O7. The van der Waals surface area contributed by atoms with Crippen LogP contribution >= 0.6 is 15.9 Å². The molecule has 9 nitrogen and oxygen atoms in total. The van der Waals surface area contributed by atoms with Crippen molar-refractivity contribution >= 4 is 22.0 Å². The van der Waals surface area contributed by atoms with Gasteiger partial charge in [0.2, 0.25) is 0 Å². The SMILES string of the molecule is CC(OOCc1ccccc1)[C@H]1O[C@@H](n2cc(/C=C/Br)c(=O)[nH]c2=O)C[C@@H]1OOCc1ccccc1. The van der Waals surface area contributed by atoms with E-state index < -0.39 is 35.8 Å². The summed E-state index contributed by atoms with van der Waals surface area (Å²) in [6.45, 7) is 2.30. The minimum absolute atomic E-state index is 0.243. The highest BCUT2D eigenvalue weighted by Gasteiger charge is 2.42. The van der Waals surface area contributed by atoms with Gasteiger partial charge in [-0.3, -0.25) is 14.3 Å². The molecule has 0 saturated carbocycles. The maximum atomic E-state index is 12.6. The average molecular weight is 559 g/mol. The summed E-state index contributed by atoms with van der Waals surface area (Å²) in [7, 11) is 0. The van der Waals surface area contributed by atoms with Crippen LogP contribution in [-0.4, -0.2) is 27.9 Å². The van der Waals surface area contributed by atoms with Crippen molar-refractivity contribution in [3.8, 4) is 0 Å². The number of hydrogen-bond donors (Lipinski definition) is 1. The topological polar surface area (TPSA) is 101 Å². The number of ether oxygens (including phenoxy) is 1. The van der Waals surface area contributed by atoms with Crippen molar-refractivity contribution < 1.29 is 24.3 Å². The summed E-state index contributed by atoms with van der Waals surface area (Å²) in [5, 5.41) is 0. The third-order valence-electron chi connectivity index (χ3n) is 5.67. The van der Waals surface area contributed by atoms with Crippen molar-refractivity contribution in [2.24, 2.45) is 0 Å². The number of nitrogens with one attached hydrogen (secondary N) is 1. The van der Waals surface area contributed by atoms with Gasteiger partial charge in [0.15, 0.2) is 0 Å². The Morgan fingerprint density at radius 2 is 1.69 bits per heavy atom. The quantitative estimate of drug-likeness (QED) is 0.277. The maximum absolute atomic E-state index is 12.6. The van der Waals surface area contributed by atoms with Gasteiger partial charge in [-0.2, -0.15) is 0 Å². The number of hydrogen-bond acceptors (Lipinski definition) is 7. The van der Waals surface area contributed by atoms with Crippen molar-refractivity contribution in [2.45, 2.75) is 51.1 Å². The lowest BCUT2D eigenvalue weighted by atomic mass is 10.1. The first-order chi connectivity index (χ1) is 17.5. The summed E-state index contributed by atoms with van der Waals surface area (Å²) in [5.74, 6) is 0. The lowest BCUT2D eigenvalue weighted by molar-refractivity contribution is -0.372. The molecule has 0 bridgehead atoms. The number of H-pyrrole nitrogens is 1. The van der Waals surface area contributed by atoms with Gasteiger partial charge in [-0.1, -0.05) is 76.6 Å². The minimum atomic E-state index is -0.715. The van der Waals surface area contributed by atoms with E-state index in [2.05, 4.69) is 20.9 Å². The molecule has 1 fully saturated rings. The molecule has 1 unspecified atom stereocenters. The summed E-state index contributed by atoms with van der Waals surface area (Å²) in [5.41, 5.74) is 1.12. The predicted octanol–water partition coefficient (Wildman–Crippen LogP) is 4.24. The van der Waals surface area contributed by atoms with Crippen LogP contribution in [0.25, 0.3) is 6.08 Å². The van der Waals surface area contributed by atoms with Crippen LogP contribution < -0.4 is 11.2 Å². The van der Waals surface area contributed by atoms with Gasteiger partial charge in [0.25, 0.3) is 5.56 Å². The standard InChI is InChI=1S/C26H27BrN2O7/c1-18(35-32-16-19-8-4-2-5-9-19)24-22(36-33-17-20-10-6-3-7-11-20)14-23(34-24)29-15-21(12-13-27)25(30)28-26(29)31/h2-13,15,18,22-24H,14,16-17H2,1H3,(H,28,30,31)/b13-12+/t18?,22-,23+,24+/m0/s1. The predicted molar refractivity (Wildman–Crippen MR) is 136 cm³/mol.